The molecule has 0 amide bonds. The van der Waals surface area contributed by atoms with Crippen molar-refractivity contribution in [1.82, 2.24) is 0 Å². The van der Waals surface area contributed by atoms with Crippen LogP contribution in [0.2, 0.25) is 0 Å². The van der Waals surface area contributed by atoms with Gasteiger partial charge in [0.1, 0.15) is 0 Å². The number of hydrogen-bond donors (Lipinski definition) is 2. The number of benzene rings is 3. The van der Waals surface area contributed by atoms with Crippen LogP contribution >= 0.6 is 0 Å². The van der Waals surface area contributed by atoms with Crippen molar-refractivity contribution in [1.29, 1.82) is 0 Å². The third kappa shape index (κ3) is 4.66. The van der Waals surface area contributed by atoms with E-state index >= 15 is 0 Å². The summed E-state index contributed by atoms with van der Waals surface area (Å²) in [5.74, 6) is 0. The summed E-state index contributed by atoms with van der Waals surface area (Å²) in [6, 6.07) is 21.7. The van der Waals surface area contributed by atoms with Crippen LogP contribution in [-0.2, 0) is 25.7 Å². The molecule has 0 radical (unpaired) electrons. The average Bonchev–Trinajstić information content (AvgIpc) is 2.64. The molecule has 0 fully saturated rings. The monoisotopic (exact) mass is 344 g/mol. The minimum Gasteiger partial charge on any atom is -0.399 e. The molecule has 2 heteroatoms. The maximum atomic E-state index is 5.89. The Morgan fingerprint density at radius 1 is 0.500 bits per heavy atom. The summed E-state index contributed by atoms with van der Waals surface area (Å²) in [5, 5.41) is 0. The molecular formula is C24H28N2. The summed E-state index contributed by atoms with van der Waals surface area (Å²) in [6.45, 7) is 4.13. The van der Waals surface area contributed by atoms with Gasteiger partial charge in [-0.15, -0.1) is 0 Å². The van der Waals surface area contributed by atoms with Gasteiger partial charge in [0.25, 0.3) is 0 Å². The molecule has 0 aliphatic heterocycles. The van der Waals surface area contributed by atoms with Crippen LogP contribution in [0.3, 0.4) is 0 Å². The number of hydrogen-bond acceptors (Lipinski definition) is 2. The fourth-order valence-electron chi connectivity index (χ4n) is 3.24. The summed E-state index contributed by atoms with van der Waals surface area (Å²) >= 11 is 0. The van der Waals surface area contributed by atoms with Gasteiger partial charge >= 0.3 is 0 Å². The summed E-state index contributed by atoms with van der Waals surface area (Å²) in [4.78, 5) is 0. The molecule has 0 aliphatic carbocycles. The molecule has 0 aromatic heterocycles. The molecule has 2 nitrogen and oxygen atoms in total. The highest BCUT2D eigenvalue weighted by Crippen LogP contribution is 2.17. The largest absolute Gasteiger partial charge is 0.399 e. The molecule has 3 aromatic carbocycles. The van der Waals surface area contributed by atoms with Crippen LogP contribution in [-0.4, -0.2) is 0 Å². The highest BCUT2D eigenvalue weighted by molar-refractivity contribution is 5.48. The van der Waals surface area contributed by atoms with Crippen molar-refractivity contribution >= 4 is 11.4 Å². The Hall–Kier alpha value is -2.74. The predicted molar refractivity (Wildman–Crippen MR) is 112 cm³/mol. The molecule has 0 saturated carbocycles. The van der Waals surface area contributed by atoms with E-state index in [9.17, 15) is 0 Å². The summed E-state index contributed by atoms with van der Waals surface area (Å²) in [5.41, 5.74) is 21.3. The molecule has 3 aromatic rings. The molecule has 0 bridgehead atoms. The summed E-state index contributed by atoms with van der Waals surface area (Å²) < 4.78 is 0. The zero-order valence-corrected chi connectivity index (χ0v) is 15.8. The van der Waals surface area contributed by atoms with Crippen molar-refractivity contribution in [2.45, 2.75) is 39.5 Å². The summed E-state index contributed by atoms with van der Waals surface area (Å²) in [6.07, 6.45) is 4.21. The Morgan fingerprint density at radius 3 is 1.15 bits per heavy atom. The Labute approximate surface area is 156 Å². The minimum atomic E-state index is 0.870. The molecule has 0 heterocycles. The topological polar surface area (TPSA) is 52.0 Å². The van der Waals surface area contributed by atoms with Gasteiger partial charge in [0.15, 0.2) is 0 Å². The lowest BCUT2D eigenvalue weighted by Crippen LogP contribution is -1.96. The van der Waals surface area contributed by atoms with Crippen LogP contribution in [0.4, 0.5) is 11.4 Å². The van der Waals surface area contributed by atoms with Gasteiger partial charge in [-0.05, 0) is 85.0 Å². The quantitative estimate of drug-likeness (QED) is 0.616. The third-order valence-corrected chi connectivity index (χ3v) is 5.10. The first-order valence-electron chi connectivity index (χ1n) is 9.29. The van der Waals surface area contributed by atoms with Gasteiger partial charge in [0, 0.05) is 11.4 Å². The second-order valence-electron chi connectivity index (χ2n) is 7.20. The number of rotatable bonds is 6. The SMILES string of the molecule is Cc1cc(CCc2ccc(CCc3ccc(N)c(C)c3)cc2)ccc1N. The molecule has 134 valence electrons. The third-order valence-electron chi connectivity index (χ3n) is 5.10. The number of anilines is 2. The van der Waals surface area contributed by atoms with Gasteiger partial charge in [0.2, 0.25) is 0 Å². The molecule has 0 atom stereocenters. The smallest absolute Gasteiger partial charge is 0.0343 e. The fraction of sp³-hybridized carbons (Fsp3) is 0.250. The van der Waals surface area contributed by atoms with E-state index in [-0.39, 0.29) is 0 Å². The van der Waals surface area contributed by atoms with Crippen LogP contribution in [0.5, 0.6) is 0 Å². The van der Waals surface area contributed by atoms with Gasteiger partial charge in [-0.25, -0.2) is 0 Å². The van der Waals surface area contributed by atoms with Crippen molar-refractivity contribution in [3.05, 3.63) is 94.0 Å². The molecule has 0 spiro atoms. The standard InChI is InChI=1S/C24H28N2/c1-17-15-21(11-13-23(17)25)9-7-19-3-5-20(6-4-19)8-10-22-12-14-24(26)18(2)16-22/h3-6,11-16H,7-10,25-26H2,1-2H3. The molecular weight excluding hydrogens is 316 g/mol. The summed E-state index contributed by atoms with van der Waals surface area (Å²) in [7, 11) is 0. The molecule has 4 N–H and O–H groups in total. The first-order valence-corrected chi connectivity index (χ1v) is 9.29. The number of aryl methyl sites for hydroxylation is 6. The average molecular weight is 345 g/mol. The lowest BCUT2D eigenvalue weighted by atomic mass is 9.99. The van der Waals surface area contributed by atoms with Crippen LogP contribution < -0.4 is 11.5 Å². The van der Waals surface area contributed by atoms with Crippen molar-refractivity contribution in [3.63, 3.8) is 0 Å². The Bertz CT molecular complexity index is 805. The van der Waals surface area contributed by atoms with E-state index in [4.69, 9.17) is 11.5 Å². The fourth-order valence-corrected chi connectivity index (χ4v) is 3.24. The van der Waals surface area contributed by atoms with Gasteiger partial charge in [-0.1, -0.05) is 48.5 Å². The first kappa shape index (κ1) is 18.1. The van der Waals surface area contributed by atoms with E-state index in [1.807, 2.05) is 12.1 Å². The lowest BCUT2D eigenvalue weighted by molar-refractivity contribution is 0.938. The Morgan fingerprint density at radius 2 is 0.808 bits per heavy atom. The molecule has 0 unspecified atom stereocenters. The zero-order valence-electron chi connectivity index (χ0n) is 15.8. The van der Waals surface area contributed by atoms with Crippen LogP contribution in [0.15, 0.2) is 60.7 Å². The number of nitrogens with two attached hydrogens (primary N) is 2. The molecule has 3 rings (SSSR count). The van der Waals surface area contributed by atoms with E-state index in [0.717, 1.165) is 48.2 Å². The molecule has 0 saturated heterocycles. The van der Waals surface area contributed by atoms with Gasteiger partial charge < -0.3 is 11.5 Å². The number of nitrogen functional groups attached to an aromatic ring is 2. The Kier molecular flexibility index (Phi) is 5.62. The second-order valence-corrected chi connectivity index (χ2v) is 7.20. The first-order chi connectivity index (χ1) is 12.5. The van der Waals surface area contributed by atoms with Gasteiger partial charge in [-0.2, -0.15) is 0 Å². The van der Waals surface area contributed by atoms with E-state index in [1.165, 1.54) is 22.3 Å². The van der Waals surface area contributed by atoms with Crippen LogP contribution in [0.25, 0.3) is 0 Å². The zero-order chi connectivity index (χ0) is 18.5. The van der Waals surface area contributed by atoms with Crippen molar-refractivity contribution in [3.8, 4) is 0 Å². The molecule has 26 heavy (non-hydrogen) atoms. The van der Waals surface area contributed by atoms with Crippen LogP contribution in [0.1, 0.15) is 33.4 Å². The predicted octanol–water partition coefficient (Wildman–Crippen LogP) is 5.04. The minimum absolute atomic E-state index is 0.870. The van der Waals surface area contributed by atoms with E-state index in [2.05, 4.69) is 62.4 Å². The van der Waals surface area contributed by atoms with Crippen molar-refractivity contribution < 1.29 is 0 Å². The highest BCUT2D eigenvalue weighted by atomic mass is 14.6. The Balaban J connectivity index is 1.54. The highest BCUT2D eigenvalue weighted by Gasteiger charge is 2.01. The second kappa shape index (κ2) is 8.09. The van der Waals surface area contributed by atoms with E-state index in [0.29, 0.717) is 0 Å². The lowest BCUT2D eigenvalue weighted by Gasteiger charge is -2.08. The van der Waals surface area contributed by atoms with Gasteiger partial charge in [-0.3, -0.25) is 0 Å². The maximum absolute atomic E-state index is 5.89. The van der Waals surface area contributed by atoms with Crippen molar-refractivity contribution in [2.24, 2.45) is 0 Å². The van der Waals surface area contributed by atoms with Crippen molar-refractivity contribution in [2.75, 3.05) is 11.5 Å². The maximum Gasteiger partial charge on any atom is 0.0343 e. The van der Waals surface area contributed by atoms with E-state index in [1.54, 1.807) is 0 Å². The van der Waals surface area contributed by atoms with E-state index < -0.39 is 0 Å². The normalized spacial score (nSPS) is 10.8. The molecule has 0 aliphatic rings. The van der Waals surface area contributed by atoms with Crippen LogP contribution in [0, 0.1) is 13.8 Å². The van der Waals surface area contributed by atoms with Gasteiger partial charge in [0.05, 0.1) is 0 Å².